The van der Waals surface area contributed by atoms with Crippen LogP contribution in [0.3, 0.4) is 0 Å². The Morgan fingerprint density at radius 1 is 1.26 bits per heavy atom. The van der Waals surface area contributed by atoms with Gasteiger partial charge in [-0.05, 0) is 51.9 Å². The third-order valence-electron chi connectivity index (χ3n) is 3.52. The van der Waals surface area contributed by atoms with E-state index >= 15 is 0 Å². The van der Waals surface area contributed by atoms with Gasteiger partial charge in [0.1, 0.15) is 0 Å². The largest absolute Gasteiger partial charge is 0.504 e. The molecule has 0 saturated carbocycles. The molecule has 0 aliphatic heterocycles. The number of methoxy groups -OCH3 is 1. The molecule has 1 heterocycles. The second-order valence-electron chi connectivity index (χ2n) is 5.42. The molecule has 0 spiro atoms. The van der Waals surface area contributed by atoms with Gasteiger partial charge in [-0.3, -0.25) is 5.43 Å². The Kier molecular flexibility index (Phi) is 6.88. The Morgan fingerprint density at radius 3 is 2.81 bits per heavy atom. The van der Waals surface area contributed by atoms with Gasteiger partial charge >= 0.3 is 0 Å². The lowest BCUT2D eigenvalue weighted by Crippen LogP contribution is -1.99. The summed E-state index contributed by atoms with van der Waals surface area (Å²) >= 11 is 3.73. The molecule has 3 rings (SSSR count). The Bertz CT molecular complexity index is 938. The molecule has 3 aromatic rings. The highest BCUT2D eigenvalue weighted by molar-refractivity contribution is 14.1. The molecular weight excluding hydrogens is 475 g/mol. The van der Waals surface area contributed by atoms with E-state index in [1.165, 1.54) is 12.7 Å². The van der Waals surface area contributed by atoms with Crippen LogP contribution in [-0.2, 0) is 5.75 Å². The van der Waals surface area contributed by atoms with Crippen molar-refractivity contribution in [3.05, 3.63) is 69.4 Å². The van der Waals surface area contributed by atoms with Crippen molar-refractivity contribution in [1.29, 1.82) is 0 Å². The van der Waals surface area contributed by atoms with Gasteiger partial charge in [-0.2, -0.15) is 5.10 Å². The van der Waals surface area contributed by atoms with Gasteiger partial charge in [-0.1, -0.05) is 42.1 Å². The summed E-state index contributed by atoms with van der Waals surface area (Å²) in [5.41, 5.74) is 4.89. The summed E-state index contributed by atoms with van der Waals surface area (Å²) in [5, 5.41) is 14.7. The SMILES string of the molecule is COc1ccc(/C=N/Nc2nc(SCc3ccccc3)ncc2I)cc1O. The maximum atomic E-state index is 9.81. The number of phenols is 1. The Balaban J connectivity index is 1.65. The lowest BCUT2D eigenvalue weighted by atomic mass is 10.2. The molecule has 2 N–H and O–H groups in total. The maximum absolute atomic E-state index is 9.81. The molecule has 0 bridgehead atoms. The van der Waals surface area contributed by atoms with Gasteiger partial charge in [0.05, 0.1) is 16.9 Å². The molecule has 0 unspecified atom stereocenters. The summed E-state index contributed by atoms with van der Waals surface area (Å²) in [5.74, 6) is 1.92. The summed E-state index contributed by atoms with van der Waals surface area (Å²) in [4.78, 5) is 8.87. The molecule has 138 valence electrons. The van der Waals surface area contributed by atoms with Crippen molar-refractivity contribution in [2.45, 2.75) is 10.9 Å². The second kappa shape index (κ2) is 9.56. The minimum atomic E-state index is 0.0673. The van der Waals surface area contributed by atoms with Crippen molar-refractivity contribution in [2.24, 2.45) is 5.10 Å². The van der Waals surface area contributed by atoms with Crippen LogP contribution >= 0.6 is 34.4 Å². The van der Waals surface area contributed by atoms with Crippen molar-refractivity contribution in [3.63, 3.8) is 0 Å². The number of phenolic OH excluding ortho intramolecular Hbond substituents is 1. The third-order valence-corrected chi connectivity index (χ3v) is 5.24. The average molecular weight is 492 g/mol. The monoisotopic (exact) mass is 492 g/mol. The number of aromatic nitrogens is 2. The van der Waals surface area contributed by atoms with Gasteiger partial charge < -0.3 is 9.84 Å². The number of nitrogens with zero attached hydrogens (tertiary/aromatic N) is 3. The first-order chi connectivity index (χ1) is 13.2. The zero-order chi connectivity index (χ0) is 19.1. The van der Waals surface area contributed by atoms with E-state index in [2.05, 4.69) is 55.2 Å². The first kappa shape index (κ1) is 19.4. The molecular formula is C19H17IN4O2S. The van der Waals surface area contributed by atoms with Gasteiger partial charge in [0.25, 0.3) is 0 Å². The van der Waals surface area contributed by atoms with Crippen LogP contribution in [0.25, 0.3) is 0 Å². The zero-order valence-electron chi connectivity index (χ0n) is 14.5. The number of anilines is 1. The van der Waals surface area contributed by atoms with Gasteiger partial charge in [0.15, 0.2) is 22.5 Å². The lowest BCUT2D eigenvalue weighted by molar-refractivity contribution is 0.373. The van der Waals surface area contributed by atoms with Crippen LogP contribution in [0, 0.1) is 3.57 Å². The fourth-order valence-electron chi connectivity index (χ4n) is 2.18. The van der Waals surface area contributed by atoms with Gasteiger partial charge in [-0.15, -0.1) is 0 Å². The van der Waals surface area contributed by atoms with E-state index in [1.807, 2.05) is 18.2 Å². The molecule has 0 aliphatic rings. The number of halogens is 1. The van der Waals surface area contributed by atoms with E-state index < -0.39 is 0 Å². The van der Waals surface area contributed by atoms with Crippen LogP contribution in [0.1, 0.15) is 11.1 Å². The van der Waals surface area contributed by atoms with Crippen LogP contribution < -0.4 is 10.2 Å². The zero-order valence-corrected chi connectivity index (χ0v) is 17.4. The van der Waals surface area contributed by atoms with Gasteiger partial charge in [0, 0.05) is 11.9 Å². The molecule has 0 atom stereocenters. The number of nitrogens with one attached hydrogen (secondary N) is 1. The number of benzene rings is 2. The molecule has 2 aromatic carbocycles. The first-order valence-electron chi connectivity index (χ1n) is 8.01. The number of hydrogen-bond acceptors (Lipinski definition) is 7. The standard InChI is InChI=1S/C19H17IN4O2S/c1-26-17-8-7-14(9-16(17)25)10-22-24-18-15(20)11-21-19(23-18)27-12-13-5-3-2-4-6-13/h2-11,25H,12H2,1H3,(H,21,23,24)/b22-10+. The van der Waals surface area contributed by atoms with Crippen LogP contribution in [0.4, 0.5) is 5.82 Å². The number of ether oxygens (including phenoxy) is 1. The Labute approximate surface area is 175 Å². The normalized spacial score (nSPS) is 10.9. The number of aromatic hydroxyl groups is 1. The summed E-state index contributed by atoms with van der Waals surface area (Å²) in [6.45, 7) is 0. The topological polar surface area (TPSA) is 79.6 Å². The van der Waals surface area contributed by atoms with Crippen LogP contribution in [0.5, 0.6) is 11.5 Å². The van der Waals surface area contributed by atoms with E-state index in [9.17, 15) is 5.11 Å². The predicted octanol–water partition coefficient (Wildman–Crippen LogP) is 4.53. The van der Waals surface area contributed by atoms with Gasteiger partial charge in [0.2, 0.25) is 0 Å². The Hall–Kier alpha value is -2.33. The van der Waals surface area contributed by atoms with Crippen LogP contribution in [-0.4, -0.2) is 28.4 Å². The number of thioether (sulfide) groups is 1. The molecule has 0 aliphatic carbocycles. The second-order valence-corrected chi connectivity index (χ2v) is 7.53. The third kappa shape index (κ3) is 5.57. The molecule has 8 heteroatoms. The van der Waals surface area contributed by atoms with E-state index in [0.29, 0.717) is 16.7 Å². The lowest BCUT2D eigenvalue weighted by Gasteiger charge is -2.06. The van der Waals surface area contributed by atoms with Crippen molar-refractivity contribution in [2.75, 3.05) is 12.5 Å². The van der Waals surface area contributed by atoms with Crippen molar-refractivity contribution >= 4 is 46.4 Å². The molecule has 0 saturated heterocycles. The van der Waals surface area contributed by atoms with Crippen LogP contribution in [0.15, 0.2) is 65.0 Å². The van der Waals surface area contributed by atoms with Crippen LogP contribution in [0.2, 0.25) is 0 Å². The molecule has 0 fully saturated rings. The van der Waals surface area contributed by atoms with E-state index in [4.69, 9.17) is 4.74 Å². The summed E-state index contributed by atoms with van der Waals surface area (Å²) < 4.78 is 5.89. The highest BCUT2D eigenvalue weighted by atomic mass is 127. The van der Waals surface area contributed by atoms with Crippen molar-refractivity contribution in [3.8, 4) is 11.5 Å². The highest BCUT2D eigenvalue weighted by Crippen LogP contribution is 2.26. The summed E-state index contributed by atoms with van der Waals surface area (Å²) in [7, 11) is 1.51. The highest BCUT2D eigenvalue weighted by Gasteiger charge is 2.06. The van der Waals surface area contributed by atoms with E-state index in [-0.39, 0.29) is 5.75 Å². The number of rotatable bonds is 7. The Morgan fingerprint density at radius 2 is 2.07 bits per heavy atom. The van der Waals surface area contributed by atoms with Crippen molar-refractivity contribution in [1.82, 2.24) is 9.97 Å². The van der Waals surface area contributed by atoms with Crippen molar-refractivity contribution < 1.29 is 9.84 Å². The minimum absolute atomic E-state index is 0.0673. The number of hydrazone groups is 1. The predicted molar refractivity (Wildman–Crippen MR) is 117 cm³/mol. The fourth-order valence-corrected chi connectivity index (χ4v) is 3.33. The molecule has 0 amide bonds. The average Bonchev–Trinajstić information content (AvgIpc) is 2.69. The summed E-state index contributed by atoms with van der Waals surface area (Å²) in [6, 6.07) is 15.3. The first-order valence-corrected chi connectivity index (χ1v) is 10.1. The number of hydrogen-bond donors (Lipinski definition) is 2. The molecule has 6 nitrogen and oxygen atoms in total. The molecule has 27 heavy (non-hydrogen) atoms. The van der Waals surface area contributed by atoms with Gasteiger partial charge in [-0.25, -0.2) is 9.97 Å². The molecule has 0 radical (unpaired) electrons. The maximum Gasteiger partial charge on any atom is 0.189 e. The van der Waals surface area contributed by atoms with E-state index in [0.717, 1.165) is 14.9 Å². The van der Waals surface area contributed by atoms with E-state index in [1.54, 1.807) is 42.4 Å². The minimum Gasteiger partial charge on any atom is -0.504 e. The fraction of sp³-hybridized carbons (Fsp3) is 0.105. The smallest absolute Gasteiger partial charge is 0.189 e. The summed E-state index contributed by atoms with van der Waals surface area (Å²) in [6.07, 6.45) is 3.37. The molecule has 1 aromatic heterocycles. The quantitative estimate of drug-likeness (QED) is 0.166.